The van der Waals surface area contributed by atoms with Crippen LogP contribution in [0.25, 0.3) is 0 Å². The molecule has 1 saturated carbocycles. The molecule has 0 bridgehead atoms. The van der Waals surface area contributed by atoms with Gasteiger partial charge in [-0.2, -0.15) is 4.31 Å². The number of carbonyl (C=O) groups is 2. The molecule has 1 aliphatic carbocycles. The molecule has 4 aliphatic rings. The summed E-state index contributed by atoms with van der Waals surface area (Å²) in [4.78, 5) is 35.1. The summed E-state index contributed by atoms with van der Waals surface area (Å²) < 4.78 is 27.3. The molecule has 0 unspecified atom stereocenters. The Morgan fingerprint density at radius 3 is 2.55 bits per heavy atom. The quantitative estimate of drug-likeness (QED) is 0.628. The van der Waals surface area contributed by atoms with Crippen LogP contribution in [0.15, 0.2) is 24.4 Å². The molecule has 3 atom stereocenters. The first kappa shape index (κ1) is 20.7. The average Bonchev–Trinajstić information content (AvgIpc) is 3.29. The van der Waals surface area contributed by atoms with E-state index in [0.29, 0.717) is 32.1 Å². The fourth-order valence-corrected chi connectivity index (χ4v) is 7.04. The predicted molar refractivity (Wildman–Crippen MR) is 115 cm³/mol. The zero-order chi connectivity index (χ0) is 21.6. The minimum Gasteiger partial charge on any atom is -0.354 e. The van der Waals surface area contributed by atoms with Crippen molar-refractivity contribution < 1.29 is 18.0 Å². The van der Waals surface area contributed by atoms with E-state index in [1.165, 1.54) is 15.6 Å². The van der Waals surface area contributed by atoms with Crippen LogP contribution in [-0.4, -0.2) is 90.0 Å². The van der Waals surface area contributed by atoms with Crippen molar-refractivity contribution in [3.8, 4) is 0 Å². The van der Waals surface area contributed by atoms with E-state index < -0.39 is 10.0 Å². The number of urea groups is 1. The number of sulfonamides is 1. The van der Waals surface area contributed by atoms with Gasteiger partial charge in [0.2, 0.25) is 10.0 Å². The van der Waals surface area contributed by atoms with Gasteiger partial charge in [-0.05, 0) is 37.3 Å². The number of nitrogens with zero attached hydrogens (tertiary/aromatic N) is 5. The lowest BCUT2D eigenvalue weighted by Crippen LogP contribution is -2.50. The van der Waals surface area contributed by atoms with Crippen molar-refractivity contribution in [3.05, 3.63) is 24.4 Å². The molecule has 1 aromatic heterocycles. The highest BCUT2D eigenvalue weighted by Gasteiger charge is 2.55. The summed E-state index contributed by atoms with van der Waals surface area (Å²) in [5.74, 6) is 0.833. The van der Waals surface area contributed by atoms with Crippen molar-refractivity contribution in [1.29, 1.82) is 0 Å². The monoisotopic (exact) mass is 447 g/mol. The molecule has 31 heavy (non-hydrogen) atoms. The number of pyridine rings is 1. The molecule has 10 heteroatoms. The fourth-order valence-electron chi connectivity index (χ4n) is 5.65. The largest absolute Gasteiger partial charge is 0.354 e. The van der Waals surface area contributed by atoms with Crippen LogP contribution in [0.1, 0.15) is 32.1 Å². The smallest absolute Gasteiger partial charge is 0.327 e. The molecule has 3 saturated heterocycles. The topological polar surface area (TPSA) is 94.1 Å². The maximum atomic E-state index is 13.0. The number of carbonyl (C=O) groups excluding carboxylic acids is 2. The van der Waals surface area contributed by atoms with Gasteiger partial charge in [0.25, 0.3) is 5.91 Å². The molecule has 3 amide bonds. The second-order valence-corrected chi connectivity index (χ2v) is 11.0. The molecule has 5 rings (SSSR count). The highest BCUT2D eigenvalue weighted by atomic mass is 32.2. The Kier molecular flexibility index (Phi) is 5.37. The number of hydrogen-bond donors (Lipinski definition) is 0. The Hall–Kier alpha value is -2.20. The number of fused-ring (bicyclic) bond motifs is 3. The van der Waals surface area contributed by atoms with E-state index in [1.54, 1.807) is 11.1 Å². The Balaban J connectivity index is 1.18. The molecule has 9 nitrogen and oxygen atoms in total. The minimum absolute atomic E-state index is 0.0646. The number of aromatic nitrogens is 1. The molecule has 4 heterocycles. The third kappa shape index (κ3) is 3.69. The van der Waals surface area contributed by atoms with Crippen LogP contribution in [0.3, 0.4) is 0 Å². The van der Waals surface area contributed by atoms with E-state index in [2.05, 4.69) is 9.88 Å². The number of amides is 3. The third-order valence-corrected chi connectivity index (χ3v) is 9.12. The van der Waals surface area contributed by atoms with Crippen LogP contribution in [0.2, 0.25) is 0 Å². The first-order chi connectivity index (χ1) is 15.0. The lowest BCUT2D eigenvalue weighted by Gasteiger charge is -2.35. The predicted octanol–water partition coefficient (Wildman–Crippen LogP) is 1.13. The van der Waals surface area contributed by atoms with Gasteiger partial charge in [-0.1, -0.05) is 18.9 Å². The van der Waals surface area contributed by atoms with E-state index in [-0.39, 0.29) is 36.3 Å². The number of anilines is 1. The Morgan fingerprint density at radius 1 is 1.03 bits per heavy atom. The number of piperazine rings is 1. The van der Waals surface area contributed by atoms with Gasteiger partial charge >= 0.3 is 6.03 Å². The third-order valence-electron chi connectivity index (χ3n) is 7.27. The van der Waals surface area contributed by atoms with Crippen molar-refractivity contribution >= 4 is 27.8 Å². The van der Waals surface area contributed by atoms with Gasteiger partial charge in [-0.3, -0.25) is 9.69 Å². The first-order valence-electron chi connectivity index (χ1n) is 11.2. The molecule has 1 aromatic rings. The fraction of sp³-hybridized carbons (Fsp3) is 0.667. The molecule has 4 fully saturated rings. The van der Waals surface area contributed by atoms with Crippen molar-refractivity contribution in [3.63, 3.8) is 0 Å². The lowest BCUT2D eigenvalue weighted by atomic mass is 9.84. The summed E-state index contributed by atoms with van der Waals surface area (Å²) in [6.07, 6.45) is 6.74. The zero-order valence-electron chi connectivity index (χ0n) is 17.6. The SMILES string of the molecule is O=C1[C@@H]2C[C@@H]3CCCC[C@@H]3N2C(=O)N1CCS(=O)(=O)N1CCN(c2ccccn2)CC1. The standard InChI is InChI=1S/C21H29N5O4S/c27-20-18-15-16-5-1-2-6-17(16)26(18)21(28)25(20)13-14-31(29,30)24-11-9-23(10-12-24)19-7-3-4-8-22-19/h3-4,7-8,16-18H,1-2,5-6,9-15H2/t16-,17-,18-/m0/s1. The van der Waals surface area contributed by atoms with Gasteiger partial charge in [0, 0.05) is 45.0 Å². The van der Waals surface area contributed by atoms with Crippen molar-refractivity contribution in [2.45, 2.75) is 44.2 Å². The Morgan fingerprint density at radius 2 is 1.81 bits per heavy atom. The van der Waals surface area contributed by atoms with E-state index in [4.69, 9.17) is 0 Å². The number of rotatable bonds is 5. The Bertz CT molecular complexity index is 948. The maximum Gasteiger partial charge on any atom is 0.327 e. The summed E-state index contributed by atoms with van der Waals surface area (Å²) in [5.41, 5.74) is 0. The normalized spacial score (nSPS) is 29.4. The molecule has 3 aliphatic heterocycles. The van der Waals surface area contributed by atoms with E-state index in [9.17, 15) is 18.0 Å². The second kappa shape index (κ2) is 8.05. The molecule has 168 valence electrons. The van der Waals surface area contributed by atoms with Gasteiger partial charge in [-0.25, -0.2) is 18.2 Å². The number of hydrogen-bond acceptors (Lipinski definition) is 6. The molecule has 0 spiro atoms. The highest BCUT2D eigenvalue weighted by molar-refractivity contribution is 7.89. The van der Waals surface area contributed by atoms with Crippen LogP contribution in [0, 0.1) is 5.92 Å². The van der Waals surface area contributed by atoms with Crippen LogP contribution >= 0.6 is 0 Å². The van der Waals surface area contributed by atoms with Crippen molar-refractivity contribution in [2.75, 3.05) is 43.4 Å². The molecule has 0 aromatic carbocycles. The maximum absolute atomic E-state index is 13.0. The average molecular weight is 448 g/mol. The van der Waals surface area contributed by atoms with Gasteiger partial charge in [0.15, 0.2) is 0 Å². The zero-order valence-corrected chi connectivity index (χ0v) is 18.4. The van der Waals surface area contributed by atoms with Gasteiger partial charge < -0.3 is 9.80 Å². The number of imide groups is 1. The first-order valence-corrected chi connectivity index (χ1v) is 12.8. The van der Waals surface area contributed by atoms with E-state index in [0.717, 1.165) is 31.5 Å². The molecule has 0 radical (unpaired) electrons. The summed E-state index contributed by atoms with van der Waals surface area (Å²) in [5, 5.41) is 0. The van der Waals surface area contributed by atoms with Crippen molar-refractivity contribution in [1.82, 2.24) is 19.1 Å². The molecular weight excluding hydrogens is 418 g/mol. The van der Waals surface area contributed by atoms with E-state index in [1.807, 2.05) is 18.2 Å². The summed E-state index contributed by atoms with van der Waals surface area (Å²) in [6.45, 7) is 1.82. The highest BCUT2D eigenvalue weighted by Crippen LogP contribution is 2.43. The molecule has 0 N–H and O–H groups in total. The van der Waals surface area contributed by atoms with Gasteiger partial charge in [0.1, 0.15) is 11.9 Å². The van der Waals surface area contributed by atoms with Crippen LogP contribution in [-0.2, 0) is 14.8 Å². The lowest BCUT2D eigenvalue weighted by molar-refractivity contribution is -0.127. The van der Waals surface area contributed by atoms with Crippen molar-refractivity contribution in [2.24, 2.45) is 5.92 Å². The van der Waals surface area contributed by atoms with E-state index >= 15 is 0 Å². The summed E-state index contributed by atoms with van der Waals surface area (Å²) in [6, 6.07) is 5.15. The van der Waals surface area contributed by atoms with Crippen LogP contribution in [0.5, 0.6) is 0 Å². The summed E-state index contributed by atoms with van der Waals surface area (Å²) in [7, 11) is -3.55. The van der Waals surface area contributed by atoms with Gasteiger partial charge in [0.05, 0.1) is 5.75 Å². The molecular formula is C21H29N5O4S. The van der Waals surface area contributed by atoms with Crippen LogP contribution in [0.4, 0.5) is 10.6 Å². The summed E-state index contributed by atoms with van der Waals surface area (Å²) >= 11 is 0. The second-order valence-electron chi connectivity index (χ2n) is 8.93. The van der Waals surface area contributed by atoms with Gasteiger partial charge in [-0.15, -0.1) is 0 Å². The Labute approximate surface area is 183 Å². The minimum atomic E-state index is -3.55. The van der Waals surface area contributed by atoms with Crippen LogP contribution < -0.4 is 4.90 Å².